The molecule has 1 atom stereocenters. The fourth-order valence-corrected chi connectivity index (χ4v) is 2.71. The van der Waals surface area contributed by atoms with Crippen LogP contribution in [-0.2, 0) is 0 Å². The van der Waals surface area contributed by atoms with Gasteiger partial charge in [0, 0.05) is 25.2 Å². The van der Waals surface area contributed by atoms with Gasteiger partial charge in [-0.2, -0.15) is 0 Å². The smallest absolute Gasteiger partial charge is 0.191 e. The molecular weight excluding hydrogens is 437 g/mol. The zero-order valence-corrected chi connectivity index (χ0v) is 20.8. The normalized spacial score (nSPS) is 13.2. The van der Waals surface area contributed by atoms with Gasteiger partial charge in [-0.15, -0.1) is 24.0 Å². The molecule has 0 spiro atoms. The van der Waals surface area contributed by atoms with Crippen molar-refractivity contribution in [3.8, 4) is 0 Å². The summed E-state index contributed by atoms with van der Waals surface area (Å²) in [5.74, 6) is 0.968. The highest BCUT2D eigenvalue weighted by molar-refractivity contribution is 14.0. The standard InChI is InChI=1S/C20H45N5.HI/c1-8-21-20(22-15-11-12-16-24(7)18(4)5)23-19(6)14-13-17-25(9-2)10-3;/h18-19H,8-17H2,1-7H3,(H2,21,22,23);1H. The minimum absolute atomic E-state index is 0. The summed E-state index contributed by atoms with van der Waals surface area (Å²) in [6, 6.07) is 1.08. The van der Waals surface area contributed by atoms with E-state index in [1.54, 1.807) is 0 Å². The van der Waals surface area contributed by atoms with Gasteiger partial charge in [-0.25, -0.2) is 0 Å². The predicted molar refractivity (Wildman–Crippen MR) is 128 cm³/mol. The summed E-state index contributed by atoms with van der Waals surface area (Å²) in [7, 11) is 2.19. The lowest BCUT2D eigenvalue weighted by atomic mass is 10.2. The van der Waals surface area contributed by atoms with E-state index in [2.05, 4.69) is 69.0 Å². The number of aliphatic imine (C=N–C) groups is 1. The highest BCUT2D eigenvalue weighted by Crippen LogP contribution is 2.01. The zero-order chi connectivity index (χ0) is 19.1. The SMILES string of the molecule is CCNC(=NCCCCN(C)C(C)C)NC(C)CCCN(CC)CC.I. The van der Waals surface area contributed by atoms with Crippen molar-refractivity contribution in [2.75, 3.05) is 46.3 Å². The molecule has 0 radical (unpaired) electrons. The molecule has 0 aliphatic carbocycles. The second-order valence-corrected chi connectivity index (χ2v) is 7.26. The summed E-state index contributed by atoms with van der Waals surface area (Å²) >= 11 is 0. The Labute approximate surface area is 180 Å². The first kappa shape index (κ1) is 28.1. The van der Waals surface area contributed by atoms with Crippen LogP contribution in [0.15, 0.2) is 4.99 Å². The van der Waals surface area contributed by atoms with Crippen molar-refractivity contribution in [3.05, 3.63) is 0 Å². The van der Waals surface area contributed by atoms with Gasteiger partial charge in [-0.05, 0) is 86.6 Å². The van der Waals surface area contributed by atoms with Gasteiger partial charge in [0.25, 0.3) is 0 Å². The molecular formula is C20H46IN5. The molecule has 2 N–H and O–H groups in total. The average molecular weight is 484 g/mol. The second-order valence-electron chi connectivity index (χ2n) is 7.26. The van der Waals surface area contributed by atoms with E-state index in [-0.39, 0.29) is 24.0 Å². The van der Waals surface area contributed by atoms with Crippen LogP contribution in [0, 0.1) is 0 Å². The average Bonchev–Trinajstić information content (AvgIpc) is 2.58. The molecule has 0 amide bonds. The number of hydrogen-bond donors (Lipinski definition) is 2. The van der Waals surface area contributed by atoms with Gasteiger partial charge in [-0.3, -0.25) is 4.99 Å². The Bertz CT molecular complexity index is 332. The van der Waals surface area contributed by atoms with E-state index in [0.29, 0.717) is 12.1 Å². The highest BCUT2D eigenvalue weighted by Gasteiger charge is 2.07. The van der Waals surface area contributed by atoms with Gasteiger partial charge in [0.15, 0.2) is 5.96 Å². The molecule has 6 heteroatoms. The van der Waals surface area contributed by atoms with E-state index in [1.807, 2.05) is 0 Å². The lowest BCUT2D eigenvalue weighted by molar-refractivity contribution is 0.269. The van der Waals surface area contributed by atoms with Crippen molar-refractivity contribution in [1.82, 2.24) is 20.4 Å². The summed E-state index contributed by atoms with van der Waals surface area (Å²) in [4.78, 5) is 9.62. The maximum atomic E-state index is 4.74. The topological polar surface area (TPSA) is 42.9 Å². The van der Waals surface area contributed by atoms with Crippen molar-refractivity contribution in [2.24, 2.45) is 4.99 Å². The first-order valence-corrected chi connectivity index (χ1v) is 10.4. The molecule has 0 aromatic heterocycles. The molecule has 0 rings (SSSR count). The Kier molecular flexibility index (Phi) is 19.8. The Morgan fingerprint density at radius 1 is 0.962 bits per heavy atom. The first-order chi connectivity index (χ1) is 11.9. The van der Waals surface area contributed by atoms with E-state index in [0.717, 1.165) is 45.1 Å². The molecule has 0 aromatic rings. The quantitative estimate of drug-likeness (QED) is 0.171. The van der Waals surface area contributed by atoms with Crippen LogP contribution < -0.4 is 10.6 Å². The third-order valence-corrected chi connectivity index (χ3v) is 4.80. The molecule has 0 bridgehead atoms. The molecule has 0 aromatic carbocycles. The molecule has 0 fully saturated rings. The number of rotatable bonds is 14. The molecule has 0 aliphatic heterocycles. The minimum Gasteiger partial charge on any atom is -0.357 e. The number of nitrogens with zero attached hydrogens (tertiary/aromatic N) is 3. The molecule has 0 aliphatic rings. The minimum atomic E-state index is 0. The van der Waals surface area contributed by atoms with E-state index in [9.17, 15) is 0 Å². The monoisotopic (exact) mass is 483 g/mol. The number of halogens is 1. The lowest BCUT2D eigenvalue weighted by Gasteiger charge is -2.21. The molecule has 26 heavy (non-hydrogen) atoms. The van der Waals surface area contributed by atoms with Crippen molar-refractivity contribution in [1.29, 1.82) is 0 Å². The third kappa shape index (κ3) is 15.0. The first-order valence-electron chi connectivity index (χ1n) is 10.4. The Morgan fingerprint density at radius 3 is 2.15 bits per heavy atom. The van der Waals surface area contributed by atoms with Crippen LogP contribution >= 0.6 is 24.0 Å². The Hall–Kier alpha value is -0.0800. The number of unbranched alkanes of at least 4 members (excludes halogenated alkanes) is 1. The summed E-state index contributed by atoms with van der Waals surface area (Å²) < 4.78 is 0. The van der Waals surface area contributed by atoms with E-state index < -0.39 is 0 Å². The van der Waals surface area contributed by atoms with Crippen molar-refractivity contribution < 1.29 is 0 Å². The number of nitrogens with one attached hydrogen (secondary N) is 2. The second kappa shape index (κ2) is 18.3. The van der Waals surface area contributed by atoms with Gasteiger partial charge >= 0.3 is 0 Å². The van der Waals surface area contributed by atoms with Gasteiger partial charge in [0.2, 0.25) is 0 Å². The van der Waals surface area contributed by atoms with E-state index in [1.165, 1.54) is 25.8 Å². The van der Waals surface area contributed by atoms with Crippen LogP contribution in [0.5, 0.6) is 0 Å². The molecule has 0 saturated carbocycles. The predicted octanol–water partition coefficient (Wildman–Crippen LogP) is 3.79. The highest BCUT2D eigenvalue weighted by atomic mass is 127. The summed E-state index contributed by atoms with van der Waals surface area (Å²) in [5, 5.41) is 6.93. The number of hydrogen-bond acceptors (Lipinski definition) is 3. The van der Waals surface area contributed by atoms with Crippen LogP contribution in [0.2, 0.25) is 0 Å². The van der Waals surface area contributed by atoms with Crippen molar-refractivity contribution in [2.45, 2.75) is 79.3 Å². The Morgan fingerprint density at radius 2 is 1.62 bits per heavy atom. The number of guanidine groups is 1. The van der Waals surface area contributed by atoms with Crippen LogP contribution in [0.25, 0.3) is 0 Å². The van der Waals surface area contributed by atoms with E-state index >= 15 is 0 Å². The maximum Gasteiger partial charge on any atom is 0.191 e. The summed E-state index contributed by atoms with van der Waals surface area (Å²) in [6.45, 7) is 19.8. The van der Waals surface area contributed by atoms with Gasteiger partial charge in [0.1, 0.15) is 0 Å². The van der Waals surface area contributed by atoms with Gasteiger partial charge in [-0.1, -0.05) is 13.8 Å². The van der Waals surface area contributed by atoms with Gasteiger partial charge in [0.05, 0.1) is 0 Å². The Balaban J connectivity index is 0. The van der Waals surface area contributed by atoms with E-state index in [4.69, 9.17) is 4.99 Å². The van der Waals surface area contributed by atoms with Gasteiger partial charge < -0.3 is 20.4 Å². The van der Waals surface area contributed by atoms with Crippen LogP contribution in [0.3, 0.4) is 0 Å². The van der Waals surface area contributed by atoms with Crippen molar-refractivity contribution >= 4 is 29.9 Å². The molecule has 0 heterocycles. The molecule has 158 valence electrons. The largest absolute Gasteiger partial charge is 0.357 e. The summed E-state index contributed by atoms with van der Waals surface area (Å²) in [5.41, 5.74) is 0. The summed E-state index contributed by atoms with van der Waals surface area (Å²) in [6.07, 6.45) is 4.76. The zero-order valence-electron chi connectivity index (χ0n) is 18.5. The maximum absolute atomic E-state index is 4.74. The fraction of sp³-hybridized carbons (Fsp3) is 0.950. The lowest BCUT2D eigenvalue weighted by Crippen LogP contribution is -2.42. The molecule has 1 unspecified atom stereocenters. The van der Waals surface area contributed by atoms with Crippen LogP contribution in [0.1, 0.15) is 67.2 Å². The van der Waals surface area contributed by atoms with Crippen LogP contribution in [0.4, 0.5) is 0 Å². The fourth-order valence-electron chi connectivity index (χ4n) is 2.71. The van der Waals surface area contributed by atoms with Crippen LogP contribution in [-0.4, -0.2) is 74.2 Å². The molecule has 0 saturated heterocycles. The molecule has 5 nitrogen and oxygen atoms in total. The van der Waals surface area contributed by atoms with Crippen molar-refractivity contribution in [3.63, 3.8) is 0 Å². The third-order valence-electron chi connectivity index (χ3n) is 4.80.